The molecule has 0 bridgehead atoms. The lowest BCUT2D eigenvalue weighted by Gasteiger charge is -2.15. The van der Waals surface area contributed by atoms with Crippen molar-refractivity contribution in [3.8, 4) is 10.7 Å². The van der Waals surface area contributed by atoms with Gasteiger partial charge in [-0.25, -0.2) is 0 Å². The van der Waals surface area contributed by atoms with Gasteiger partial charge in [0, 0.05) is 6.54 Å². The van der Waals surface area contributed by atoms with Gasteiger partial charge in [0.15, 0.2) is 10.6 Å². The van der Waals surface area contributed by atoms with E-state index in [2.05, 4.69) is 34.6 Å². The molecular weight excluding hydrogens is 352 g/mol. The van der Waals surface area contributed by atoms with E-state index in [-0.39, 0.29) is 5.91 Å². The van der Waals surface area contributed by atoms with Crippen LogP contribution in [0, 0.1) is 11.7 Å². The lowest BCUT2D eigenvalue weighted by atomic mass is 10.1. The van der Waals surface area contributed by atoms with Crippen molar-refractivity contribution < 1.29 is 4.79 Å². The summed E-state index contributed by atoms with van der Waals surface area (Å²) in [6.07, 6.45) is 0.805. The Hall–Kier alpha value is -2.25. The van der Waals surface area contributed by atoms with Crippen LogP contribution in [-0.4, -0.2) is 27.2 Å². The summed E-state index contributed by atoms with van der Waals surface area (Å²) in [5, 5.41) is 12.0. The number of nitrogens with zero attached hydrogens (tertiary/aromatic N) is 2. The maximum absolute atomic E-state index is 12.6. The van der Waals surface area contributed by atoms with Gasteiger partial charge in [-0.1, -0.05) is 30.3 Å². The Bertz CT molecular complexity index is 911. The number of hydrogen-bond acceptors (Lipinski definition) is 4. The van der Waals surface area contributed by atoms with Crippen LogP contribution in [0.2, 0.25) is 0 Å². The van der Waals surface area contributed by atoms with E-state index < -0.39 is 6.04 Å². The Morgan fingerprint density at radius 2 is 2.16 bits per heavy atom. The molecule has 25 heavy (non-hydrogen) atoms. The third-order valence-corrected chi connectivity index (χ3v) is 5.32. The molecule has 1 atom stereocenters. The fraction of sp³-hybridized carbons (Fsp3) is 0.278. The number of aryl methyl sites for hydroxylation is 1. The average Bonchev–Trinajstić information content (AvgIpc) is 3.25. The molecule has 0 spiro atoms. The van der Waals surface area contributed by atoms with Crippen LogP contribution in [0.15, 0.2) is 41.8 Å². The number of nitrogens with one attached hydrogen (secondary N) is 2. The van der Waals surface area contributed by atoms with E-state index in [1.807, 2.05) is 36.6 Å². The highest BCUT2D eigenvalue weighted by Crippen LogP contribution is 2.25. The largest absolute Gasteiger partial charge is 0.354 e. The van der Waals surface area contributed by atoms with Crippen molar-refractivity contribution in [2.75, 3.05) is 6.54 Å². The number of carbonyl (C=O) groups excluding carboxylic acids is 1. The van der Waals surface area contributed by atoms with Crippen molar-refractivity contribution in [1.82, 2.24) is 20.1 Å². The molecule has 0 aliphatic heterocycles. The van der Waals surface area contributed by atoms with Gasteiger partial charge in [0.2, 0.25) is 5.91 Å². The predicted octanol–water partition coefficient (Wildman–Crippen LogP) is 3.90. The number of rotatable bonds is 6. The van der Waals surface area contributed by atoms with Crippen molar-refractivity contribution >= 4 is 29.5 Å². The van der Waals surface area contributed by atoms with Gasteiger partial charge < -0.3 is 5.32 Å². The topological polar surface area (TPSA) is 62.7 Å². The minimum Gasteiger partial charge on any atom is -0.354 e. The maximum Gasteiger partial charge on any atom is 0.242 e. The predicted molar refractivity (Wildman–Crippen MR) is 103 cm³/mol. The lowest BCUT2D eigenvalue weighted by molar-refractivity contribution is -0.123. The molecule has 0 saturated heterocycles. The third-order valence-electron chi connectivity index (χ3n) is 4.17. The molecular formula is C18H20N4OS2. The van der Waals surface area contributed by atoms with Crippen LogP contribution in [0.25, 0.3) is 10.7 Å². The third kappa shape index (κ3) is 3.88. The summed E-state index contributed by atoms with van der Waals surface area (Å²) in [5.41, 5.74) is 2.48. The van der Waals surface area contributed by atoms with Crippen molar-refractivity contribution in [2.45, 2.75) is 26.3 Å². The van der Waals surface area contributed by atoms with Crippen LogP contribution in [0.3, 0.4) is 0 Å². The van der Waals surface area contributed by atoms with E-state index in [9.17, 15) is 4.79 Å². The molecule has 0 fully saturated rings. The molecule has 2 N–H and O–H groups in total. The number of carbonyl (C=O) groups is 1. The van der Waals surface area contributed by atoms with Crippen molar-refractivity contribution in [2.24, 2.45) is 0 Å². The number of aromatic nitrogens is 3. The van der Waals surface area contributed by atoms with Gasteiger partial charge in [0.25, 0.3) is 0 Å². The molecule has 3 rings (SSSR count). The first-order valence-electron chi connectivity index (χ1n) is 8.11. The zero-order valence-electron chi connectivity index (χ0n) is 14.2. The average molecular weight is 373 g/mol. The normalized spacial score (nSPS) is 12.1. The summed E-state index contributed by atoms with van der Waals surface area (Å²) >= 11 is 6.89. The minimum atomic E-state index is -0.430. The van der Waals surface area contributed by atoms with E-state index in [0.717, 1.165) is 11.3 Å². The molecule has 3 aromatic rings. The molecule has 0 radical (unpaired) electrons. The molecule has 1 aromatic carbocycles. The van der Waals surface area contributed by atoms with Gasteiger partial charge >= 0.3 is 0 Å². The molecule has 0 unspecified atom stereocenters. The molecule has 0 aliphatic rings. The quantitative estimate of drug-likeness (QED) is 0.645. The summed E-state index contributed by atoms with van der Waals surface area (Å²) < 4.78 is 2.22. The minimum absolute atomic E-state index is 0.0658. The standard InChI is InChI=1S/C18H20N4OS2/c1-12-6-3-4-7-14(12)9-10-19-17(23)13(2)22-16(20-21-18(22)24)15-8-5-11-25-15/h3-8,11,13H,9-10H2,1-2H3,(H,19,23)(H,21,24)/t13-/m0/s1. The molecule has 7 heteroatoms. The first-order chi connectivity index (χ1) is 12.1. The Morgan fingerprint density at radius 1 is 1.36 bits per heavy atom. The molecule has 2 aromatic heterocycles. The number of thiophene rings is 1. The summed E-state index contributed by atoms with van der Waals surface area (Å²) in [6.45, 7) is 4.51. The lowest BCUT2D eigenvalue weighted by Crippen LogP contribution is -2.32. The second-order valence-corrected chi connectivity index (χ2v) is 7.18. The number of benzene rings is 1. The van der Waals surface area contributed by atoms with E-state index in [0.29, 0.717) is 17.1 Å². The van der Waals surface area contributed by atoms with Gasteiger partial charge in [-0.2, -0.15) is 5.10 Å². The Morgan fingerprint density at radius 3 is 2.88 bits per heavy atom. The molecule has 130 valence electrons. The van der Waals surface area contributed by atoms with Gasteiger partial charge in [0.1, 0.15) is 6.04 Å². The zero-order valence-corrected chi connectivity index (χ0v) is 15.8. The molecule has 2 heterocycles. The number of amides is 1. The van der Waals surface area contributed by atoms with Crippen LogP contribution in [0.4, 0.5) is 0 Å². The second kappa shape index (κ2) is 7.76. The highest BCUT2D eigenvalue weighted by molar-refractivity contribution is 7.71. The van der Waals surface area contributed by atoms with Gasteiger partial charge in [0.05, 0.1) is 4.88 Å². The van der Waals surface area contributed by atoms with Crippen molar-refractivity contribution in [1.29, 1.82) is 0 Å². The van der Waals surface area contributed by atoms with Gasteiger partial charge in [-0.3, -0.25) is 14.5 Å². The smallest absolute Gasteiger partial charge is 0.242 e. The highest BCUT2D eigenvalue weighted by atomic mass is 32.1. The molecule has 0 saturated carbocycles. The first kappa shape index (κ1) is 17.6. The summed E-state index contributed by atoms with van der Waals surface area (Å²) in [4.78, 5) is 13.6. The van der Waals surface area contributed by atoms with E-state index in [1.165, 1.54) is 11.1 Å². The van der Waals surface area contributed by atoms with E-state index in [1.54, 1.807) is 15.9 Å². The monoisotopic (exact) mass is 372 g/mol. The molecule has 1 amide bonds. The maximum atomic E-state index is 12.6. The Balaban J connectivity index is 1.68. The summed E-state index contributed by atoms with van der Waals surface area (Å²) in [7, 11) is 0. The van der Waals surface area contributed by atoms with Crippen LogP contribution in [-0.2, 0) is 11.2 Å². The number of aromatic amines is 1. The van der Waals surface area contributed by atoms with E-state index >= 15 is 0 Å². The highest BCUT2D eigenvalue weighted by Gasteiger charge is 2.21. The molecule has 0 aliphatic carbocycles. The summed E-state index contributed by atoms with van der Waals surface area (Å²) in [6, 6.07) is 11.7. The van der Waals surface area contributed by atoms with E-state index in [4.69, 9.17) is 12.2 Å². The van der Waals surface area contributed by atoms with Gasteiger partial charge in [-0.05, 0) is 55.1 Å². The number of H-pyrrole nitrogens is 1. The zero-order chi connectivity index (χ0) is 17.8. The van der Waals surface area contributed by atoms with Gasteiger partial charge in [-0.15, -0.1) is 11.3 Å². The Labute approximate surface area is 155 Å². The fourth-order valence-electron chi connectivity index (χ4n) is 2.72. The van der Waals surface area contributed by atoms with Crippen molar-refractivity contribution in [3.05, 3.63) is 57.7 Å². The number of hydrogen-bond donors (Lipinski definition) is 2. The second-order valence-electron chi connectivity index (χ2n) is 5.84. The Kier molecular flexibility index (Phi) is 5.45. The van der Waals surface area contributed by atoms with Crippen molar-refractivity contribution in [3.63, 3.8) is 0 Å². The van der Waals surface area contributed by atoms with Crippen LogP contribution < -0.4 is 5.32 Å². The SMILES string of the molecule is Cc1ccccc1CCNC(=O)[C@H](C)n1c(-c2cccs2)n[nH]c1=S. The fourth-order valence-corrected chi connectivity index (χ4v) is 3.72. The first-order valence-corrected chi connectivity index (χ1v) is 9.39. The van der Waals surface area contributed by atoms with Crippen LogP contribution in [0.5, 0.6) is 0 Å². The summed E-state index contributed by atoms with van der Waals surface area (Å²) in [5.74, 6) is 0.630. The molecule has 5 nitrogen and oxygen atoms in total. The van der Waals surface area contributed by atoms with Crippen LogP contribution in [0.1, 0.15) is 24.1 Å². The van der Waals surface area contributed by atoms with Crippen LogP contribution >= 0.6 is 23.6 Å².